The van der Waals surface area contributed by atoms with E-state index in [-0.39, 0.29) is 11.5 Å². The van der Waals surface area contributed by atoms with E-state index in [1.54, 1.807) is 0 Å². The Morgan fingerprint density at radius 2 is 2.12 bits per heavy atom. The minimum atomic E-state index is 0.117. The number of rotatable bonds is 5. The van der Waals surface area contributed by atoms with Gasteiger partial charge in [0.05, 0.1) is 12.7 Å². The predicted octanol–water partition coefficient (Wildman–Crippen LogP) is 2.75. The van der Waals surface area contributed by atoms with E-state index >= 15 is 0 Å². The lowest BCUT2D eigenvalue weighted by Crippen LogP contribution is -2.61. The van der Waals surface area contributed by atoms with Gasteiger partial charge in [0.15, 0.2) is 0 Å². The van der Waals surface area contributed by atoms with E-state index in [0.717, 1.165) is 38.3 Å². The van der Waals surface area contributed by atoms with Crippen molar-refractivity contribution in [1.29, 1.82) is 0 Å². The Morgan fingerprint density at radius 3 is 2.88 bits per heavy atom. The topological polar surface area (TPSA) is 35.9 Å². The highest BCUT2D eigenvalue weighted by molar-refractivity contribution is 5.28. The normalized spacial score (nSPS) is 28.8. The molecule has 2 aliphatic heterocycles. The number of benzene rings is 1. The Morgan fingerprint density at radius 1 is 1.29 bits per heavy atom. The molecule has 134 valence electrons. The maximum Gasteiger partial charge on any atom is 0.120 e. The summed E-state index contributed by atoms with van der Waals surface area (Å²) >= 11 is 0. The van der Waals surface area contributed by atoms with Gasteiger partial charge in [-0.05, 0) is 70.9 Å². The van der Waals surface area contributed by atoms with Crippen LogP contribution in [0.1, 0.15) is 38.7 Å². The second kappa shape index (κ2) is 7.42. The number of aliphatic hydroxyl groups is 1. The first-order valence-corrected chi connectivity index (χ1v) is 9.31. The van der Waals surface area contributed by atoms with Crippen molar-refractivity contribution in [2.24, 2.45) is 5.41 Å². The van der Waals surface area contributed by atoms with E-state index in [0.29, 0.717) is 12.6 Å². The SMILES string of the molecule is CC(C)Oc1cccc(CN2CC[C@@]3(CO)CCCN(C)[C@@H]3C2)c1. The van der Waals surface area contributed by atoms with E-state index in [1.165, 1.54) is 18.4 Å². The number of piperidine rings is 2. The molecule has 2 fully saturated rings. The van der Waals surface area contributed by atoms with Crippen molar-refractivity contribution >= 4 is 0 Å². The van der Waals surface area contributed by atoms with Crippen molar-refractivity contribution in [3.63, 3.8) is 0 Å². The number of nitrogens with zero attached hydrogens (tertiary/aromatic N) is 2. The average molecular weight is 332 g/mol. The first kappa shape index (κ1) is 17.7. The predicted molar refractivity (Wildman–Crippen MR) is 97.3 cm³/mol. The summed E-state index contributed by atoms with van der Waals surface area (Å²) in [6.07, 6.45) is 3.68. The highest BCUT2D eigenvalue weighted by Gasteiger charge is 2.46. The van der Waals surface area contributed by atoms with Crippen LogP contribution < -0.4 is 4.74 Å². The molecule has 0 saturated carbocycles. The third-order valence-electron chi connectivity index (χ3n) is 5.77. The fraction of sp³-hybridized carbons (Fsp3) is 0.700. The van der Waals surface area contributed by atoms with Gasteiger partial charge in [-0.25, -0.2) is 0 Å². The molecule has 4 nitrogen and oxygen atoms in total. The molecule has 1 aromatic rings. The highest BCUT2D eigenvalue weighted by atomic mass is 16.5. The molecule has 0 unspecified atom stereocenters. The molecule has 1 N–H and O–H groups in total. The lowest BCUT2D eigenvalue weighted by atomic mass is 9.69. The van der Waals surface area contributed by atoms with Crippen molar-refractivity contribution in [1.82, 2.24) is 9.80 Å². The minimum Gasteiger partial charge on any atom is -0.491 e. The molecule has 0 aromatic heterocycles. The van der Waals surface area contributed by atoms with Gasteiger partial charge in [0.1, 0.15) is 5.75 Å². The lowest BCUT2D eigenvalue weighted by Gasteiger charge is -2.53. The summed E-state index contributed by atoms with van der Waals surface area (Å²) in [6.45, 7) is 8.68. The van der Waals surface area contributed by atoms with Crippen LogP contribution in [0, 0.1) is 5.41 Å². The largest absolute Gasteiger partial charge is 0.491 e. The molecule has 2 aliphatic rings. The lowest BCUT2D eigenvalue weighted by molar-refractivity contribution is -0.0684. The van der Waals surface area contributed by atoms with Crippen LogP contribution in [0.5, 0.6) is 5.75 Å². The molecule has 0 amide bonds. The summed E-state index contributed by atoms with van der Waals surface area (Å²) in [5, 5.41) is 10.0. The first-order chi connectivity index (χ1) is 11.5. The van der Waals surface area contributed by atoms with Crippen LogP contribution in [0.4, 0.5) is 0 Å². The summed E-state index contributed by atoms with van der Waals surface area (Å²) in [5.41, 5.74) is 1.43. The highest BCUT2D eigenvalue weighted by Crippen LogP contribution is 2.41. The average Bonchev–Trinajstić information content (AvgIpc) is 2.55. The van der Waals surface area contributed by atoms with Gasteiger partial charge >= 0.3 is 0 Å². The molecule has 0 bridgehead atoms. The van der Waals surface area contributed by atoms with Crippen molar-refractivity contribution in [2.75, 3.05) is 33.3 Å². The van der Waals surface area contributed by atoms with Gasteiger partial charge < -0.3 is 14.7 Å². The van der Waals surface area contributed by atoms with E-state index in [1.807, 2.05) is 6.07 Å². The molecule has 1 aromatic carbocycles. The van der Waals surface area contributed by atoms with Crippen molar-refractivity contribution in [3.8, 4) is 5.75 Å². The van der Waals surface area contributed by atoms with Gasteiger partial charge in [-0.3, -0.25) is 4.90 Å². The smallest absolute Gasteiger partial charge is 0.120 e. The van der Waals surface area contributed by atoms with Gasteiger partial charge in [0.2, 0.25) is 0 Å². The van der Waals surface area contributed by atoms with E-state index in [9.17, 15) is 5.11 Å². The van der Waals surface area contributed by atoms with Crippen LogP contribution in [0.3, 0.4) is 0 Å². The van der Waals surface area contributed by atoms with Gasteiger partial charge in [-0.2, -0.15) is 0 Å². The molecular formula is C20H32N2O2. The Balaban J connectivity index is 1.67. The Kier molecular flexibility index (Phi) is 5.48. The van der Waals surface area contributed by atoms with Gasteiger partial charge in [-0.1, -0.05) is 12.1 Å². The monoisotopic (exact) mass is 332 g/mol. The van der Waals surface area contributed by atoms with Crippen LogP contribution in [0.15, 0.2) is 24.3 Å². The number of ether oxygens (including phenoxy) is 1. The van der Waals surface area contributed by atoms with Crippen LogP contribution >= 0.6 is 0 Å². The maximum absolute atomic E-state index is 10.0. The van der Waals surface area contributed by atoms with Gasteiger partial charge in [0, 0.05) is 24.5 Å². The molecule has 3 rings (SSSR count). The Hall–Kier alpha value is -1.10. The number of hydrogen-bond acceptors (Lipinski definition) is 4. The van der Waals surface area contributed by atoms with Crippen LogP contribution in [0.2, 0.25) is 0 Å². The van der Waals surface area contributed by atoms with Crippen LogP contribution in [-0.4, -0.2) is 60.3 Å². The second-order valence-corrected chi connectivity index (χ2v) is 7.92. The van der Waals surface area contributed by atoms with Crippen molar-refractivity contribution in [2.45, 2.75) is 51.8 Å². The van der Waals surface area contributed by atoms with Gasteiger partial charge in [-0.15, -0.1) is 0 Å². The molecule has 0 aliphatic carbocycles. The van der Waals surface area contributed by atoms with E-state index in [2.05, 4.69) is 48.9 Å². The summed E-state index contributed by atoms with van der Waals surface area (Å²) in [4.78, 5) is 5.00. The van der Waals surface area contributed by atoms with Crippen LogP contribution in [-0.2, 0) is 6.54 Å². The third-order valence-corrected chi connectivity index (χ3v) is 5.77. The maximum atomic E-state index is 10.0. The first-order valence-electron chi connectivity index (χ1n) is 9.31. The molecule has 24 heavy (non-hydrogen) atoms. The zero-order chi connectivity index (χ0) is 17.2. The number of hydrogen-bond donors (Lipinski definition) is 1. The molecule has 2 atom stereocenters. The van der Waals surface area contributed by atoms with Gasteiger partial charge in [0.25, 0.3) is 0 Å². The Bertz CT molecular complexity index is 548. The zero-order valence-electron chi connectivity index (χ0n) is 15.4. The summed E-state index contributed by atoms with van der Waals surface area (Å²) < 4.78 is 5.82. The summed E-state index contributed by atoms with van der Waals surface area (Å²) in [5.74, 6) is 0.957. The number of likely N-dealkylation sites (N-methyl/N-ethyl adjacent to an activating group) is 1. The zero-order valence-corrected chi connectivity index (χ0v) is 15.4. The van der Waals surface area contributed by atoms with E-state index < -0.39 is 0 Å². The minimum absolute atomic E-state index is 0.117. The number of aliphatic hydroxyl groups excluding tert-OH is 1. The third kappa shape index (κ3) is 3.76. The molecular weight excluding hydrogens is 300 g/mol. The number of fused-ring (bicyclic) bond motifs is 1. The van der Waals surface area contributed by atoms with Crippen LogP contribution in [0.25, 0.3) is 0 Å². The standard InChI is InChI=1S/C20H32N2O2/c1-16(2)24-18-7-4-6-17(12-18)13-22-11-9-20(15-23)8-5-10-21(3)19(20)14-22/h4,6-7,12,16,19,23H,5,8-11,13-15H2,1-3H3/t19-,20-/m1/s1. The molecule has 2 heterocycles. The van der Waals surface area contributed by atoms with Crippen molar-refractivity contribution < 1.29 is 9.84 Å². The fourth-order valence-electron chi connectivity index (χ4n) is 4.47. The summed E-state index contributed by atoms with van der Waals surface area (Å²) in [6, 6.07) is 8.94. The molecule has 4 heteroatoms. The molecule has 0 radical (unpaired) electrons. The number of likely N-dealkylation sites (tertiary alicyclic amines) is 2. The fourth-order valence-corrected chi connectivity index (χ4v) is 4.47. The molecule has 0 spiro atoms. The van der Waals surface area contributed by atoms with E-state index in [4.69, 9.17) is 4.74 Å². The second-order valence-electron chi connectivity index (χ2n) is 7.92. The summed E-state index contributed by atoms with van der Waals surface area (Å²) in [7, 11) is 2.22. The van der Waals surface area contributed by atoms with Crippen molar-refractivity contribution in [3.05, 3.63) is 29.8 Å². The quantitative estimate of drug-likeness (QED) is 0.899. The Labute approximate surface area is 146 Å². The molecule has 2 saturated heterocycles.